The summed E-state index contributed by atoms with van der Waals surface area (Å²) in [6.07, 6.45) is 2.32. The fraction of sp³-hybridized carbons (Fsp3) is 0.350. The van der Waals surface area contributed by atoms with Crippen molar-refractivity contribution >= 4 is 5.91 Å². The molecule has 0 bridgehead atoms. The van der Waals surface area contributed by atoms with Gasteiger partial charge in [0.25, 0.3) is 0 Å². The van der Waals surface area contributed by atoms with E-state index in [4.69, 9.17) is 9.47 Å². The summed E-state index contributed by atoms with van der Waals surface area (Å²) in [5, 5.41) is 2.88. The Bertz CT molecular complexity index is 620. The molecule has 2 rings (SSSR count). The predicted octanol–water partition coefficient (Wildman–Crippen LogP) is 3.52. The summed E-state index contributed by atoms with van der Waals surface area (Å²) in [6.45, 7) is 3.04. The van der Waals surface area contributed by atoms with E-state index in [2.05, 4.69) is 36.5 Å². The van der Waals surface area contributed by atoms with E-state index in [1.807, 2.05) is 24.3 Å². The molecule has 24 heavy (non-hydrogen) atoms. The Labute approximate surface area is 143 Å². The molecule has 0 fully saturated rings. The van der Waals surface area contributed by atoms with Gasteiger partial charge in [-0.25, -0.2) is 0 Å². The van der Waals surface area contributed by atoms with Gasteiger partial charge in [-0.15, -0.1) is 0 Å². The van der Waals surface area contributed by atoms with Crippen LogP contribution in [0, 0.1) is 6.92 Å². The maximum Gasteiger partial charge on any atom is 0.220 e. The number of nitrogens with one attached hydrogen (secondary N) is 1. The SMILES string of the molecule is COc1ccc(OCCNC(=O)CCCc2ccc(C)cc2)cc1. The number of amides is 1. The maximum atomic E-state index is 11.8. The Morgan fingerprint density at radius 1 is 1.00 bits per heavy atom. The first-order chi connectivity index (χ1) is 11.7. The Kier molecular flexibility index (Phi) is 7.15. The molecule has 0 aromatic heterocycles. The van der Waals surface area contributed by atoms with E-state index in [0.29, 0.717) is 19.6 Å². The Morgan fingerprint density at radius 2 is 1.67 bits per heavy atom. The fourth-order valence-corrected chi connectivity index (χ4v) is 2.33. The first-order valence-corrected chi connectivity index (χ1v) is 8.26. The third-order valence-electron chi connectivity index (χ3n) is 3.74. The molecular formula is C20H25NO3. The molecule has 1 N–H and O–H groups in total. The minimum absolute atomic E-state index is 0.0699. The Hall–Kier alpha value is -2.49. The molecule has 0 saturated carbocycles. The highest BCUT2D eigenvalue weighted by atomic mass is 16.5. The normalized spacial score (nSPS) is 10.2. The first kappa shape index (κ1) is 17.9. The second kappa shape index (κ2) is 9.60. The maximum absolute atomic E-state index is 11.8. The molecule has 128 valence electrons. The topological polar surface area (TPSA) is 47.6 Å². The van der Waals surface area contributed by atoms with Crippen LogP contribution in [0.5, 0.6) is 11.5 Å². The Morgan fingerprint density at radius 3 is 2.33 bits per heavy atom. The van der Waals surface area contributed by atoms with Gasteiger partial charge in [0.15, 0.2) is 0 Å². The number of rotatable bonds is 9. The van der Waals surface area contributed by atoms with E-state index in [1.165, 1.54) is 11.1 Å². The van der Waals surface area contributed by atoms with Crippen molar-refractivity contribution in [3.8, 4) is 11.5 Å². The van der Waals surface area contributed by atoms with Gasteiger partial charge >= 0.3 is 0 Å². The minimum Gasteiger partial charge on any atom is -0.497 e. The van der Waals surface area contributed by atoms with E-state index in [9.17, 15) is 4.79 Å². The van der Waals surface area contributed by atoms with Crippen LogP contribution in [0.1, 0.15) is 24.0 Å². The van der Waals surface area contributed by atoms with Crippen LogP contribution in [0.2, 0.25) is 0 Å². The van der Waals surface area contributed by atoms with Gasteiger partial charge in [-0.3, -0.25) is 4.79 Å². The van der Waals surface area contributed by atoms with E-state index in [1.54, 1.807) is 7.11 Å². The lowest BCUT2D eigenvalue weighted by atomic mass is 10.1. The highest BCUT2D eigenvalue weighted by Crippen LogP contribution is 2.16. The van der Waals surface area contributed by atoms with E-state index in [0.717, 1.165) is 24.3 Å². The van der Waals surface area contributed by atoms with E-state index < -0.39 is 0 Å². The zero-order valence-corrected chi connectivity index (χ0v) is 14.4. The molecule has 0 radical (unpaired) electrons. The van der Waals surface area contributed by atoms with Crippen molar-refractivity contribution in [2.75, 3.05) is 20.3 Å². The number of hydrogen-bond donors (Lipinski definition) is 1. The third-order valence-corrected chi connectivity index (χ3v) is 3.74. The number of benzene rings is 2. The number of carbonyl (C=O) groups excluding carboxylic acids is 1. The summed E-state index contributed by atoms with van der Waals surface area (Å²) in [4.78, 5) is 11.8. The van der Waals surface area contributed by atoms with Gasteiger partial charge in [0.05, 0.1) is 13.7 Å². The van der Waals surface area contributed by atoms with Crippen molar-refractivity contribution in [2.45, 2.75) is 26.2 Å². The molecule has 0 heterocycles. The summed E-state index contributed by atoms with van der Waals surface area (Å²) in [5.41, 5.74) is 2.53. The Balaban J connectivity index is 1.56. The summed E-state index contributed by atoms with van der Waals surface area (Å²) < 4.78 is 10.7. The van der Waals surface area contributed by atoms with Crippen LogP contribution in [-0.4, -0.2) is 26.2 Å². The molecule has 1 amide bonds. The van der Waals surface area contributed by atoms with Crippen LogP contribution in [0.3, 0.4) is 0 Å². The van der Waals surface area contributed by atoms with Gasteiger partial charge in [-0.05, 0) is 49.6 Å². The lowest BCUT2D eigenvalue weighted by Gasteiger charge is -2.08. The lowest BCUT2D eigenvalue weighted by Crippen LogP contribution is -2.27. The standard InChI is InChI=1S/C20H25NO3/c1-16-6-8-17(9-7-16)4-3-5-20(22)21-14-15-24-19-12-10-18(23-2)11-13-19/h6-13H,3-5,14-15H2,1-2H3,(H,21,22). The van der Waals surface area contributed by atoms with Crippen molar-refractivity contribution < 1.29 is 14.3 Å². The molecule has 4 heteroatoms. The lowest BCUT2D eigenvalue weighted by molar-refractivity contribution is -0.121. The first-order valence-electron chi connectivity index (χ1n) is 8.26. The number of hydrogen-bond acceptors (Lipinski definition) is 3. The van der Waals surface area contributed by atoms with Gasteiger partial charge < -0.3 is 14.8 Å². The van der Waals surface area contributed by atoms with Gasteiger partial charge in [0.2, 0.25) is 5.91 Å². The number of carbonyl (C=O) groups is 1. The molecule has 2 aromatic carbocycles. The minimum atomic E-state index is 0.0699. The molecule has 0 saturated heterocycles. The van der Waals surface area contributed by atoms with Crippen molar-refractivity contribution in [3.63, 3.8) is 0 Å². The molecule has 2 aromatic rings. The monoisotopic (exact) mass is 327 g/mol. The highest BCUT2D eigenvalue weighted by Gasteiger charge is 2.02. The molecule has 0 atom stereocenters. The van der Waals surface area contributed by atoms with Crippen molar-refractivity contribution in [3.05, 3.63) is 59.7 Å². The van der Waals surface area contributed by atoms with E-state index in [-0.39, 0.29) is 5.91 Å². The summed E-state index contributed by atoms with van der Waals surface area (Å²) >= 11 is 0. The predicted molar refractivity (Wildman–Crippen MR) is 95.6 cm³/mol. The summed E-state index contributed by atoms with van der Waals surface area (Å²) in [7, 11) is 1.63. The average molecular weight is 327 g/mol. The van der Waals surface area contributed by atoms with Crippen LogP contribution >= 0.6 is 0 Å². The molecule has 0 aliphatic heterocycles. The molecule has 4 nitrogen and oxygen atoms in total. The third kappa shape index (κ3) is 6.32. The average Bonchev–Trinajstić information content (AvgIpc) is 2.61. The second-order valence-corrected chi connectivity index (χ2v) is 5.71. The largest absolute Gasteiger partial charge is 0.497 e. The number of ether oxygens (including phenoxy) is 2. The smallest absolute Gasteiger partial charge is 0.220 e. The van der Waals surface area contributed by atoms with Crippen LogP contribution < -0.4 is 14.8 Å². The van der Waals surface area contributed by atoms with Gasteiger partial charge in [-0.1, -0.05) is 29.8 Å². The van der Waals surface area contributed by atoms with Crippen molar-refractivity contribution in [1.82, 2.24) is 5.32 Å². The van der Waals surface area contributed by atoms with Crippen LogP contribution in [0.25, 0.3) is 0 Å². The quantitative estimate of drug-likeness (QED) is 0.717. The zero-order chi connectivity index (χ0) is 17.2. The molecule has 0 spiro atoms. The van der Waals surface area contributed by atoms with Crippen LogP contribution in [-0.2, 0) is 11.2 Å². The van der Waals surface area contributed by atoms with Crippen LogP contribution in [0.15, 0.2) is 48.5 Å². The van der Waals surface area contributed by atoms with Gasteiger partial charge in [0.1, 0.15) is 18.1 Å². The van der Waals surface area contributed by atoms with Gasteiger partial charge in [-0.2, -0.15) is 0 Å². The molecular weight excluding hydrogens is 302 g/mol. The van der Waals surface area contributed by atoms with Crippen LogP contribution in [0.4, 0.5) is 0 Å². The van der Waals surface area contributed by atoms with Crippen molar-refractivity contribution in [1.29, 1.82) is 0 Å². The summed E-state index contributed by atoms with van der Waals surface area (Å²) in [6, 6.07) is 15.8. The number of aryl methyl sites for hydroxylation is 2. The summed E-state index contributed by atoms with van der Waals surface area (Å²) in [5.74, 6) is 1.63. The van der Waals surface area contributed by atoms with Crippen molar-refractivity contribution in [2.24, 2.45) is 0 Å². The second-order valence-electron chi connectivity index (χ2n) is 5.71. The van der Waals surface area contributed by atoms with Gasteiger partial charge in [0, 0.05) is 6.42 Å². The molecule has 0 aliphatic carbocycles. The zero-order valence-electron chi connectivity index (χ0n) is 14.4. The fourth-order valence-electron chi connectivity index (χ4n) is 2.33. The number of methoxy groups -OCH3 is 1. The molecule has 0 aliphatic rings. The molecule has 0 unspecified atom stereocenters. The van der Waals surface area contributed by atoms with E-state index >= 15 is 0 Å². The highest BCUT2D eigenvalue weighted by molar-refractivity contribution is 5.75.